The molecule has 0 aliphatic carbocycles. The highest BCUT2D eigenvalue weighted by Crippen LogP contribution is 2.38. The first-order chi connectivity index (χ1) is 7.29. The number of halogens is 7. The lowest BCUT2D eigenvalue weighted by molar-refractivity contribution is -0.138. The van der Waals surface area contributed by atoms with Gasteiger partial charge in [-0.25, -0.2) is 8.78 Å². The van der Waals surface area contributed by atoms with E-state index in [2.05, 4.69) is 4.98 Å². The highest BCUT2D eigenvalue weighted by atomic mass is 35.5. The first kappa shape index (κ1) is 13.4. The molecule has 1 heterocycles. The van der Waals surface area contributed by atoms with Crippen molar-refractivity contribution in [3.63, 3.8) is 0 Å². The molecule has 0 aliphatic rings. The second-order valence-corrected chi connectivity index (χ2v) is 3.43. The molecule has 0 aliphatic heterocycles. The maximum Gasteiger partial charge on any atom is 0.418 e. The predicted octanol–water partition coefficient (Wildman–Crippen LogP) is 4.43. The number of alkyl halides is 6. The molecule has 1 aromatic heterocycles. The van der Waals surface area contributed by atoms with Crippen LogP contribution in [0.15, 0.2) is 6.20 Å². The number of hydrogen-bond acceptors (Lipinski definition) is 1. The van der Waals surface area contributed by atoms with Gasteiger partial charge in [0.2, 0.25) is 0 Å². The first-order valence-corrected chi connectivity index (χ1v) is 4.78. The monoisotopic (exact) mass is 279 g/mol. The van der Waals surface area contributed by atoms with Gasteiger partial charge in [0.1, 0.15) is 5.69 Å². The molecule has 1 rings (SSSR count). The van der Waals surface area contributed by atoms with Gasteiger partial charge in [0, 0.05) is 17.6 Å². The van der Waals surface area contributed by atoms with E-state index in [0.29, 0.717) is 6.20 Å². The van der Waals surface area contributed by atoms with Gasteiger partial charge in [-0.2, -0.15) is 13.2 Å². The van der Waals surface area contributed by atoms with E-state index in [-0.39, 0.29) is 0 Å². The maximum absolute atomic E-state index is 12.4. The Kier molecular flexibility index (Phi) is 3.96. The van der Waals surface area contributed by atoms with E-state index in [1.54, 1.807) is 0 Å². The van der Waals surface area contributed by atoms with Crippen molar-refractivity contribution in [1.82, 2.24) is 4.98 Å². The molecule has 0 unspecified atom stereocenters. The summed E-state index contributed by atoms with van der Waals surface area (Å²) in [5.74, 6) is -0.615. The largest absolute Gasteiger partial charge is 0.418 e. The lowest BCUT2D eigenvalue weighted by Crippen LogP contribution is -2.11. The number of nitrogens with zero attached hydrogens (tertiary/aromatic N) is 1. The lowest BCUT2D eigenvalue weighted by atomic mass is 10.1. The van der Waals surface area contributed by atoms with Gasteiger partial charge in [0.25, 0.3) is 6.43 Å². The highest BCUT2D eigenvalue weighted by molar-refractivity contribution is 6.33. The topological polar surface area (TPSA) is 12.9 Å². The van der Waals surface area contributed by atoms with Gasteiger partial charge in [0.15, 0.2) is 0 Å². The van der Waals surface area contributed by atoms with Gasteiger partial charge < -0.3 is 0 Å². The number of pyridine rings is 1. The summed E-state index contributed by atoms with van der Waals surface area (Å²) in [5, 5.41) is -0.736. The van der Waals surface area contributed by atoms with Gasteiger partial charge in [-0.1, -0.05) is 11.6 Å². The maximum atomic E-state index is 12.4. The quantitative estimate of drug-likeness (QED) is 0.576. The van der Waals surface area contributed by atoms with Crippen LogP contribution in [0.25, 0.3) is 0 Å². The van der Waals surface area contributed by atoms with Crippen LogP contribution in [0.3, 0.4) is 0 Å². The number of rotatable bonds is 2. The number of aromatic nitrogens is 1. The molecule has 0 fully saturated rings. The Bertz CT molecular complexity index is 391. The molecule has 8 heteroatoms. The standard InChI is InChI=1S/C8H4Cl2F5N/c9-1-3-4(8(13,14)15)2-16-6(5(3)10)7(11)12/h2,7H,1H2. The molecule has 0 atom stereocenters. The Morgan fingerprint density at radius 3 is 2.25 bits per heavy atom. The van der Waals surface area contributed by atoms with Crippen molar-refractivity contribution in [1.29, 1.82) is 0 Å². The SMILES string of the molecule is FC(F)c1ncc(C(F)(F)F)c(CCl)c1Cl. The summed E-state index contributed by atoms with van der Waals surface area (Å²) in [4.78, 5) is 2.99. The van der Waals surface area contributed by atoms with Gasteiger partial charge in [-0.15, -0.1) is 11.6 Å². The van der Waals surface area contributed by atoms with Crippen LogP contribution in [0.1, 0.15) is 23.2 Å². The van der Waals surface area contributed by atoms with Crippen LogP contribution in [-0.2, 0) is 12.1 Å². The third-order valence-electron chi connectivity index (χ3n) is 1.79. The van der Waals surface area contributed by atoms with E-state index in [4.69, 9.17) is 23.2 Å². The van der Waals surface area contributed by atoms with Gasteiger partial charge >= 0.3 is 6.18 Å². The molecule has 1 nitrogen and oxygen atoms in total. The smallest absolute Gasteiger partial charge is 0.253 e. The normalized spacial score (nSPS) is 12.2. The number of hydrogen-bond donors (Lipinski definition) is 0. The van der Waals surface area contributed by atoms with E-state index < -0.39 is 40.3 Å². The zero-order valence-corrected chi connectivity index (χ0v) is 8.97. The van der Waals surface area contributed by atoms with Crippen molar-refractivity contribution in [2.75, 3.05) is 0 Å². The second-order valence-electron chi connectivity index (χ2n) is 2.78. The summed E-state index contributed by atoms with van der Waals surface area (Å²) in [6, 6.07) is 0. The Labute approximate surface area is 97.2 Å². The molecular formula is C8H4Cl2F5N. The van der Waals surface area contributed by atoms with E-state index in [1.165, 1.54) is 0 Å². The molecule has 0 amide bonds. The van der Waals surface area contributed by atoms with Crippen molar-refractivity contribution >= 4 is 23.2 Å². The molecular weight excluding hydrogens is 276 g/mol. The Balaban J connectivity index is 3.41. The van der Waals surface area contributed by atoms with Crippen molar-refractivity contribution in [2.45, 2.75) is 18.5 Å². The second kappa shape index (κ2) is 4.71. The van der Waals surface area contributed by atoms with Crippen molar-refractivity contribution in [3.05, 3.63) is 28.0 Å². The summed E-state index contributed by atoms with van der Waals surface area (Å²) >= 11 is 10.7. The van der Waals surface area contributed by atoms with Crippen LogP contribution in [-0.4, -0.2) is 4.98 Å². The highest BCUT2D eigenvalue weighted by Gasteiger charge is 2.36. The van der Waals surface area contributed by atoms with Crippen LogP contribution in [0.5, 0.6) is 0 Å². The minimum atomic E-state index is -4.72. The van der Waals surface area contributed by atoms with Crippen LogP contribution >= 0.6 is 23.2 Å². The van der Waals surface area contributed by atoms with Crippen LogP contribution in [0, 0.1) is 0 Å². The summed E-state index contributed by atoms with van der Waals surface area (Å²) in [6.45, 7) is 0. The molecule has 0 N–H and O–H groups in total. The molecule has 0 radical (unpaired) electrons. The predicted molar refractivity (Wildman–Crippen MR) is 48.8 cm³/mol. The molecule has 0 saturated carbocycles. The first-order valence-electron chi connectivity index (χ1n) is 3.87. The van der Waals surface area contributed by atoms with Crippen LogP contribution in [0.4, 0.5) is 22.0 Å². The Hall–Kier alpha value is -0.620. The molecule has 90 valence electrons. The summed E-state index contributed by atoms with van der Waals surface area (Å²) in [6.07, 6.45) is -7.45. The van der Waals surface area contributed by atoms with E-state index in [1.807, 2.05) is 0 Å². The summed E-state index contributed by atoms with van der Waals surface area (Å²) in [7, 11) is 0. The van der Waals surface area contributed by atoms with Crippen LogP contribution in [0.2, 0.25) is 5.02 Å². The minimum Gasteiger partial charge on any atom is -0.253 e. The fraction of sp³-hybridized carbons (Fsp3) is 0.375. The Morgan fingerprint density at radius 1 is 1.31 bits per heavy atom. The molecule has 0 spiro atoms. The Morgan fingerprint density at radius 2 is 1.88 bits per heavy atom. The van der Waals surface area contributed by atoms with Crippen molar-refractivity contribution in [3.8, 4) is 0 Å². The average molecular weight is 280 g/mol. The van der Waals surface area contributed by atoms with E-state index in [9.17, 15) is 22.0 Å². The molecule has 0 saturated heterocycles. The third-order valence-corrected chi connectivity index (χ3v) is 2.48. The van der Waals surface area contributed by atoms with Gasteiger partial charge in [-0.05, 0) is 0 Å². The van der Waals surface area contributed by atoms with Gasteiger partial charge in [-0.3, -0.25) is 4.98 Å². The zero-order chi connectivity index (χ0) is 12.5. The third kappa shape index (κ3) is 2.55. The van der Waals surface area contributed by atoms with Crippen LogP contribution < -0.4 is 0 Å². The van der Waals surface area contributed by atoms with Crippen molar-refractivity contribution in [2.24, 2.45) is 0 Å². The lowest BCUT2D eigenvalue weighted by Gasteiger charge is -2.14. The average Bonchev–Trinajstić information content (AvgIpc) is 2.15. The zero-order valence-electron chi connectivity index (χ0n) is 7.45. The molecule has 1 aromatic rings. The summed E-state index contributed by atoms with van der Waals surface area (Å²) < 4.78 is 61.8. The molecule has 16 heavy (non-hydrogen) atoms. The van der Waals surface area contributed by atoms with E-state index in [0.717, 1.165) is 0 Å². The molecule has 0 aromatic carbocycles. The minimum absolute atomic E-state index is 0.311. The van der Waals surface area contributed by atoms with E-state index >= 15 is 0 Å². The fourth-order valence-corrected chi connectivity index (χ4v) is 1.71. The van der Waals surface area contributed by atoms with Crippen molar-refractivity contribution < 1.29 is 22.0 Å². The molecule has 0 bridgehead atoms. The van der Waals surface area contributed by atoms with Gasteiger partial charge in [0.05, 0.1) is 10.6 Å². The summed E-state index contributed by atoms with van der Waals surface area (Å²) in [5.41, 5.74) is -2.68. The fourth-order valence-electron chi connectivity index (χ4n) is 1.07.